The Kier molecular flexibility index (Phi) is 5.43. The van der Waals surface area contributed by atoms with E-state index in [0.29, 0.717) is 36.5 Å². The lowest BCUT2D eigenvalue weighted by Gasteiger charge is -2.32. The molecule has 2 fully saturated rings. The van der Waals surface area contributed by atoms with Crippen molar-refractivity contribution in [3.8, 4) is 0 Å². The molecule has 1 aliphatic heterocycles. The molecule has 3 atom stereocenters. The van der Waals surface area contributed by atoms with Crippen LogP contribution in [0.2, 0.25) is 0 Å². The van der Waals surface area contributed by atoms with Crippen molar-refractivity contribution >= 4 is 39.0 Å². The highest BCUT2D eigenvalue weighted by Crippen LogP contribution is 2.46. The first kappa shape index (κ1) is 22.6. The molecule has 184 valence electrons. The summed E-state index contributed by atoms with van der Waals surface area (Å²) in [4.78, 5) is 25.7. The fourth-order valence-electron chi connectivity index (χ4n) is 6.02. The highest BCUT2D eigenvalue weighted by molar-refractivity contribution is 7.21. The van der Waals surface area contributed by atoms with Crippen LogP contribution in [0.5, 0.6) is 0 Å². The van der Waals surface area contributed by atoms with Crippen LogP contribution in [0.4, 0.5) is 20.3 Å². The van der Waals surface area contributed by atoms with Gasteiger partial charge in [-0.15, -0.1) is 11.3 Å². The summed E-state index contributed by atoms with van der Waals surface area (Å²) in [5.41, 5.74) is 9.74. The van der Waals surface area contributed by atoms with Gasteiger partial charge in [0.15, 0.2) is 0 Å². The molecule has 0 spiro atoms. The summed E-state index contributed by atoms with van der Waals surface area (Å²) in [5, 5.41) is 3.96. The summed E-state index contributed by atoms with van der Waals surface area (Å²) in [6.45, 7) is 2.96. The number of aromatic nitrogens is 2. The molecule has 0 radical (unpaired) electrons. The Labute approximate surface area is 206 Å². The van der Waals surface area contributed by atoms with Crippen LogP contribution in [0.15, 0.2) is 24.3 Å². The van der Waals surface area contributed by atoms with E-state index in [1.54, 1.807) is 0 Å². The number of nitrogens with zero attached hydrogens (tertiary/aromatic N) is 3. The molecule has 9 heteroatoms. The average molecular weight is 498 g/mol. The van der Waals surface area contributed by atoms with Crippen LogP contribution in [0.25, 0.3) is 10.2 Å². The van der Waals surface area contributed by atoms with Gasteiger partial charge in [-0.1, -0.05) is 6.07 Å². The summed E-state index contributed by atoms with van der Waals surface area (Å²) in [6.07, 6.45) is 3.71. The molecule has 1 amide bonds. The Morgan fingerprint density at radius 3 is 2.89 bits per heavy atom. The number of aryl methyl sites for hydroxylation is 2. The Hall–Kier alpha value is -2.81. The zero-order chi connectivity index (χ0) is 24.3. The zero-order valence-electron chi connectivity index (χ0n) is 19.7. The number of thiophene rings is 1. The maximum Gasteiger partial charge on any atom is 0.263 e. The molecule has 4 heterocycles. The van der Waals surface area contributed by atoms with E-state index < -0.39 is 11.8 Å². The molecule has 3 N–H and O–H groups in total. The van der Waals surface area contributed by atoms with Crippen molar-refractivity contribution in [3.05, 3.63) is 46.1 Å². The fraction of sp³-hybridized carbons (Fsp3) is 0.500. The SMILES string of the molecule is Cc1ccc2c(N)c(C(=O)N[C@H]3CCc4nc(N5C[C@@H]6CCCC(F)(F)[C@@H]6C5)ccc4C3)sc2n1. The maximum absolute atomic E-state index is 14.4. The van der Waals surface area contributed by atoms with Crippen molar-refractivity contribution in [2.45, 2.75) is 57.4 Å². The van der Waals surface area contributed by atoms with Crippen molar-refractivity contribution in [2.24, 2.45) is 11.8 Å². The van der Waals surface area contributed by atoms with Gasteiger partial charge in [-0.25, -0.2) is 18.7 Å². The second-order valence-corrected chi connectivity index (χ2v) is 11.3. The van der Waals surface area contributed by atoms with Crippen molar-refractivity contribution in [1.29, 1.82) is 0 Å². The second-order valence-electron chi connectivity index (χ2n) is 10.3. The number of nitrogens with two attached hydrogens (primary N) is 1. The van der Waals surface area contributed by atoms with Gasteiger partial charge < -0.3 is 16.0 Å². The van der Waals surface area contributed by atoms with E-state index in [1.165, 1.54) is 11.3 Å². The first-order valence-electron chi connectivity index (χ1n) is 12.4. The van der Waals surface area contributed by atoms with E-state index in [1.807, 2.05) is 30.0 Å². The van der Waals surface area contributed by atoms with Crippen LogP contribution in [0, 0.1) is 18.8 Å². The molecule has 1 saturated heterocycles. The second kappa shape index (κ2) is 8.40. The maximum atomic E-state index is 14.4. The number of nitrogens with one attached hydrogen (secondary N) is 1. The third kappa shape index (κ3) is 4.03. The first-order chi connectivity index (χ1) is 16.8. The van der Waals surface area contributed by atoms with Gasteiger partial charge in [0.05, 0.1) is 5.69 Å². The molecule has 3 aliphatic rings. The van der Waals surface area contributed by atoms with Crippen LogP contribution in [0.1, 0.15) is 52.3 Å². The molecule has 2 aliphatic carbocycles. The van der Waals surface area contributed by atoms with Gasteiger partial charge in [0.25, 0.3) is 11.8 Å². The minimum atomic E-state index is -2.57. The predicted octanol–water partition coefficient (Wildman–Crippen LogP) is 4.74. The molecular formula is C26H29F2N5OS. The highest BCUT2D eigenvalue weighted by atomic mass is 32.1. The molecule has 0 bridgehead atoms. The Morgan fingerprint density at radius 1 is 1.20 bits per heavy atom. The summed E-state index contributed by atoms with van der Waals surface area (Å²) < 4.78 is 28.8. The van der Waals surface area contributed by atoms with Crippen LogP contribution in [0.3, 0.4) is 0 Å². The summed E-state index contributed by atoms with van der Waals surface area (Å²) >= 11 is 1.33. The first-order valence-corrected chi connectivity index (χ1v) is 13.2. The van der Waals surface area contributed by atoms with Crippen molar-refractivity contribution in [2.75, 3.05) is 23.7 Å². The summed E-state index contributed by atoms with van der Waals surface area (Å²) in [5.74, 6) is -2.44. The molecule has 0 aromatic carbocycles. The van der Waals surface area contributed by atoms with Gasteiger partial charge in [0, 0.05) is 48.2 Å². The van der Waals surface area contributed by atoms with Crippen molar-refractivity contribution < 1.29 is 13.6 Å². The number of nitrogen functional groups attached to an aromatic ring is 1. The summed E-state index contributed by atoms with van der Waals surface area (Å²) in [7, 11) is 0. The lowest BCUT2D eigenvalue weighted by molar-refractivity contribution is -0.0930. The molecule has 1 saturated carbocycles. The molecular weight excluding hydrogens is 468 g/mol. The van der Waals surface area contributed by atoms with Gasteiger partial charge in [-0.3, -0.25) is 4.79 Å². The Morgan fingerprint density at radius 2 is 2.06 bits per heavy atom. The quantitative estimate of drug-likeness (QED) is 0.546. The molecule has 3 aromatic heterocycles. The van der Waals surface area contributed by atoms with E-state index in [2.05, 4.69) is 16.4 Å². The zero-order valence-corrected chi connectivity index (χ0v) is 20.5. The van der Waals surface area contributed by atoms with Gasteiger partial charge in [-0.2, -0.15) is 0 Å². The molecule has 6 rings (SSSR count). The van der Waals surface area contributed by atoms with Crippen LogP contribution in [-0.4, -0.2) is 40.9 Å². The molecule has 0 unspecified atom stereocenters. The van der Waals surface area contributed by atoms with Crippen molar-refractivity contribution in [1.82, 2.24) is 15.3 Å². The van der Waals surface area contributed by atoms with E-state index in [9.17, 15) is 13.6 Å². The largest absolute Gasteiger partial charge is 0.397 e. The average Bonchev–Trinajstić information content (AvgIpc) is 3.41. The topological polar surface area (TPSA) is 84.1 Å². The smallest absolute Gasteiger partial charge is 0.263 e. The van der Waals surface area contributed by atoms with E-state index in [0.717, 1.165) is 52.2 Å². The molecule has 3 aromatic rings. The standard InChI is InChI=1S/C26H29F2N5OS/c1-14-4-7-18-22(29)23(35-25(18)30-14)24(34)31-17-6-8-20-15(11-17)5-9-21(32-20)33-12-16-3-2-10-26(27,28)19(16)13-33/h4-5,7,9,16-17,19H,2-3,6,8,10-13,29H2,1H3,(H,31,34)/t16-,17-,19+/m0/s1. The van der Waals surface area contributed by atoms with Crippen LogP contribution in [-0.2, 0) is 12.8 Å². The van der Waals surface area contributed by atoms with Gasteiger partial charge >= 0.3 is 0 Å². The minimum absolute atomic E-state index is 0.00435. The number of anilines is 2. The number of rotatable bonds is 3. The highest BCUT2D eigenvalue weighted by Gasteiger charge is 2.51. The minimum Gasteiger partial charge on any atom is -0.397 e. The van der Waals surface area contributed by atoms with Gasteiger partial charge in [-0.05, 0) is 68.7 Å². The molecule has 35 heavy (non-hydrogen) atoms. The lowest BCUT2D eigenvalue weighted by atomic mass is 9.79. The predicted molar refractivity (Wildman–Crippen MR) is 134 cm³/mol. The number of pyridine rings is 2. The van der Waals surface area contributed by atoms with E-state index >= 15 is 0 Å². The number of amides is 1. The fourth-order valence-corrected chi connectivity index (χ4v) is 7.07. The normalized spacial score (nSPS) is 25.3. The number of alkyl halides is 2. The van der Waals surface area contributed by atoms with Gasteiger partial charge in [0.1, 0.15) is 15.5 Å². The van der Waals surface area contributed by atoms with Gasteiger partial charge in [0.2, 0.25) is 0 Å². The monoisotopic (exact) mass is 497 g/mol. The third-order valence-electron chi connectivity index (χ3n) is 7.92. The van der Waals surface area contributed by atoms with Crippen molar-refractivity contribution in [3.63, 3.8) is 0 Å². The number of carbonyl (C=O) groups is 1. The Balaban J connectivity index is 1.14. The van der Waals surface area contributed by atoms with Crippen LogP contribution >= 0.6 is 11.3 Å². The Bertz CT molecular complexity index is 1310. The number of halogens is 2. The number of hydrogen-bond donors (Lipinski definition) is 2. The third-order valence-corrected chi connectivity index (χ3v) is 9.03. The number of hydrogen-bond acceptors (Lipinski definition) is 6. The van der Waals surface area contributed by atoms with Crippen LogP contribution < -0.4 is 16.0 Å². The van der Waals surface area contributed by atoms with E-state index in [4.69, 9.17) is 10.7 Å². The number of carbonyl (C=O) groups excluding carboxylic acids is 1. The lowest BCUT2D eigenvalue weighted by Crippen LogP contribution is -2.39. The summed E-state index contributed by atoms with van der Waals surface area (Å²) in [6, 6.07) is 7.81. The van der Waals surface area contributed by atoms with E-state index in [-0.39, 0.29) is 24.3 Å². The molecule has 6 nitrogen and oxygen atoms in total. The number of fused-ring (bicyclic) bond motifs is 3.